The Labute approximate surface area is 122 Å². The number of hydrogen-bond donors (Lipinski definition) is 1. The van der Waals surface area contributed by atoms with Crippen molar-refractivity contribution in [2.75, 3.05) is 18.5 Å². The molecule has 1 aliphatic rings. The molecule has 0 saturated heterocycles. The fourth-order valence-corrected chi connectivity index (χ4v) is 3.01. The van der Waals surface area contributed by atoms with Crippen molar-refractivity contribution in [2.24, 2.45) is 5.92 Å². The predicted molar refractivity (Wildman–Crippen MR) is 83.0 cm³/mol. The van der Waals surface area contributed by atoms with Crippen molar-refractivity contribution in [1.82, 2.24) is 9.55 Å². The number of ether oxygens (including phenoxy) is 1. The highest BCUT2D eigenvalue weighted by Crippen LogP contribution is 2.28. The molecule has 0 atom stereocenters. The van der Waals surface area contributed by atoms with Gasteiger partial charge in [-0.05, 0) is 44.9 Å². The number of aromatic nitrogens is 2. The summed E-state index contributed by atoms with van der Waals surface area (Å²) >= 11 is 0. The molecule has 0 bridgehead atoms. The monoisotopic (exact) mass is 279 g/mol. The Morgan fingerprint density at radius 1 is 1.30 bits per heavy atom. The van der Waals surface area contributed by atoms with Crippen LogP contribution in [-0.4, -0.2) is 28.8 Å². The van der Waals surface area contributed by atoms with Crippen LogP contribution in [0.1, 0.15) is 52.4 Å². The molecule has 0 unspecified atom stereocenters. The molecule has 0 amide bonds. The first-order valence-electron chi connectivity index (χ1n) is 8.18. The molecule has 1 aliphatic carbocycles. The van der Waals surface area contributed by atoms with Crippen LogP contribution < -0.4 is 5.32 Å². The SMILES string of the molecule is CCOCCCn1ccnc1NC1CCC(CC)CC1. The van der Waals surface area contributed by atoms with E-state index < -0.39 is 0 Å². The topological polar surface area (TPSA) is 39.1 Å². The normalized spacial score (nSPS) is 22.9. The maximum Gasteiger partial charge on any atom is 0.202 e. The van der Waals surface area contributed by atoms with Crippen molar-refractivity contribution in [1.29, 1.82) is 0 Å². The third-order valence-electron chi connectivity index (χ3n) is 4.36. The minimum absolute atomic E-state index is 0.603. The van der Waals surface area contributed by atoms with Gasteiger partial charge < -0.3 is 14.6 Å². The van der Waals surface area contributed by atoms with Crippen molar-refractivity contribution in [2.45, 2.75) is 65.0 Å². The third kappa shape index (κ3) is 4.51. The molecule has 0 radical (unpaired) electrons. The lowest BCUT2D eigenvalue weighted by molar-refractivity contribution is 0.142. The second-order valence-electron chi connectivity index (χ2n) is 5.76. The summed E-state index contributed by atoms with van der Waals surface area (Å²) in [5, 5.41) is 3.63. The van der Waals surface area contributed by atoms with E-state index in [0.29, 0.717) is 6.04 Å². The lowest BCUT2D eigenvalue weighted by Gasteiger charge is -2.28. The standard InChI is InChI=1S/C16H29N3O/c1-3-14-6-8-15(9-7-14)18-16-17-10-12-19(16)11-5-13-20-4-2/h10,12,14-15H,3-9,11,13H2,1-2H3,(H,17,18). The van der Waals surface area contributed by atoms with E-state index in [-0.39, 0.29) is 0 Å². The van der Waals surface area contributed by atoms with Crippen LogP contribution in [-0.2, 0) is 11.3 Å². The first-order valence-corrected chi connectivity index (χ1v) is 8.18. The lowest BCUT2D eigenvalue weighted by Crippen LogP contribution is -2.27. The van der Waals surface area contributed by atoms with Crippen LogP contribution in [0.2, 0.25) is 0 Å². The third-order valence-corrected chi connectivity index (χ3v) is 4.36. The van der Waals surface area contributed by atoms with Gasteiger partial charge in [0.2, 0.25) is 5.95 Å². The molecule has 1 heterocycles. The zero-order valence-electron chi connectivity index (χ0n) is 13.0. The number of nitrogens with one attached hydrogen (secondary N) is 1. The van der Waals surface area contributed by atoms with Crippen molar-refractivity contribution >= 4 is 5.95 Å². The number of anilines is 1. The maximum atomic E-state index is 5.39. The Morgan fingerprint density at radius 2 is 2.10 bits per heavy atom. The Balaban J connectivity index is 1.77. The summed E-state index contributed by atoms with van der Waals surface area (Å²) in [5.74, 6) is 1.97. The largest absolute Gasteiger partial charge is 0.382 e. The Kier molecular flexibility index (Phi) is 6.37. The van der Waals surface area contributed by atoms with E-state index in [4.69, 9.17) is 4.74 Å². The maximum absolute atomic E-state index is 5.39. The van der Waals surface area contributed by atoms with Gasteiger partial charge in [-0.1, -0.05) is 13.3 Å². The fourth-order valence-electron chi connectivity index (χ4n) is 3.01. The van der Waals surface area contributed by atoms with E-state index in [0.717, 1.165) is 38.0 Å². The molecular weight excluding hydrogens is 250 g/mol. The summed E-state index contributed by atoms with van der Waals surface area (Å²) in [6.07, 6.45) is 11.6. The number of rotatable bonds is 8. The van der Waals surface area contributed by atoms with E-state index in [1.165, 1.54) is 32.1 Å². The second-order valence-corrected chi connectivity index (χ2v) is 5.76. The zero-order chi connectivity index (χ0) is 14.2. The number of hydrogen-bond acceptors (Lipinski definition) is 3. The highest BCUT2D eigenvalue weighted by Gasteiger charge is 2.20. The van der Waals surface area contributed by atoms with Gasteiger partial charge in [0.1, 0.15) is 0 Å². The minimum atomic E-state index is 0.603. The lowest BCUT2D eigenvalue weighted by atomic mass is 9.85. The summed E-state index contributed by atoms with van der Waals surface area (Å²) in [7, 11) is 0. The highest BCUT2D eigenvalue weighted by molar-refractivity contribution is 5.27. The summed E-state index contributed by atoms with van der Waals surface area (Å²) in [6.45, 7) is 6.96. The summed E-state index contributed by atoms with van der Waals surface area (Å²) < 4.78 is 7.60. The number of nitrogens with zero attached hydrogens (tertiary/aromatic N) is 2. The average Bonchev–Trinajstić information content (AvgIpc) is 2.92. The van der Waals surface area contributed by atoms with Gasteiger partial charge in [-0.25, -0.2) is 4.98 Å². The average molecular weight is 279 g/mol. The van der Waals surface area contributed by atoms with Crippen molar-refractivity contribution in [3.8, 4) is 0 Å². The Hall–Kier alpha value is -1.03. The van der Waals surface area contributed by atoms with Gasteiger partial charge in [-0.15, -0.1) is 0 Å². The van der Waals surface area contributed by atoms with E-state index >= 15 is 0 Å². The predicted octanol–water partition coefficient (Wildman–Crippen LogP) is 3.69. The summed E-state index contributed by atoms with van der Waals surface area (Å²) in [6, 6.07) is 0.603. The van der Waals surface area contributed by atoms with E-state index in [1.54, 1.807) is 0 Å². The molecule has 4 nitrogen and oxygen atoms in total. The molecule has 0 aromatic carbocycles. The molecule has 1 saturated carbocycles. The van der Waals surface area contributed by atoms with Crippen LogP contribution in [0, 0.1) is 5.92 Å². The molecule has 2 rings (SSSR count). The van der Waals surface area contributed by atoms with Gasteiger partial charge in [-0.3, -0.25) is 0 Å². The van der Waals surface area contributed by atoms with Crippen LogP contribution in [0.3, 0.4) is 0 Å². The second kappa shape index (κ2) is 8.30. The van der Waals surface area contributed by atoms with Crippen LogP contribution in [0.15, 0.2) is 12.4 Å². The summed E-state index contributed by atoms with van der Waals surface area (Å²) in [4.78, 5) is 4.46. The molecule has 0 spiro atoms. The molecule has 1 N–H and O–H groups in total. The van der Waals surface area contributed by atoms with E-state index in [2.05, 4.69) is 28.0 Å². The molecule has 1 aromatic heterocycles. The van der Waals surface area contributed by atoms with Crippen LogP contribution >= 0.6 is 0 Å². The van der Waals surface area contributed by atoms with Gasteiger partial charge in [0, 0.05) is 38.2 Å². The zero-order valence-corrected chi connectivity index (χ0v) is 13.0. The van der Waals surface area contributed by atoms with E-state index in [9.17, 15) is 0 Å². The fraction of sp³-hybridized carbons (Fsp3) is 0.812. The van der Waals surface area contributed by atoms with Gasteiger partial charge >= 0.3 is 0 Å². The molecule has 0 aliphatic heterocycles. The van der Waals surface area contributed by atoms with E-state index in [1.807, 2.05) is 13.1 Å². The number of imidazole rings is 1. The van der Waals surface area contributed by atoms with Gasteiger partial charge in [0.05, 0.1) is 0 Å². The molecule has 20 heavy (non-hydrogen) atoms. The van der Waals surface area contributed by atoms with Gasteiger partial charge in [0.25, 0.3) is 0 Å². The van der Waals surface area contributed by atoms with Crippen molar-refractivity contribution in [3.63, 3.8) is 0 Å². The quantitative estimate of drug-likeness (QED) is 0.738. The molecule has 1 aromatic rings. The highest BCUT2D eigenvalue weighted by atomic mass is 16.5. The van der Waals surface area contributed by atoms with Crippen LogP contribution in [0.5, 0.6) is 0 Å². The Bertz CT molecular complexity index is 370. The minimum Gasteiger partial charge on any atom is -0.382 e. The van der Waals surface area contributed by atoms with Crippen LogP contribution in [0.25, 0.3) is 0 Å². The summed E-state index contributed by atoms with van der Waals surface area (Å²) in [5.41, 5.74) is 0. The molecule has 114 valence electrons. The molecule has 4 heteroatoms. The molecule has 1 fully saturated rings. The van der Waals surface area contributed by atoms with Crippen molar-refractivity contribution in [3.05, 3.63) is 12.4 Å². The van der Waals surface area contributed by atoms with Gasteiger partial charge in [0.15, 0.2) is 0 Å². The first kappa shape index (κ1) is 15.4. The molecular formula is C16H29N3O. The number of aryl methyl sites for hydroxylation is 1. The van der Waals surface area contributed by atoms with Crippen molar-refractivity contribution < 1.29 is 4.74 Å². The Morgan fingerprint density at radius 3 is 2.80 bits per heavy atom. The van der Waals surface area contributed by atoms with Crippen LogP contribution in [0.4, 0.5) is 5.95 Å². The smallest absolute Gasteiger partial charge is 0.202 e. The van der Waals surface area contributed by atoms with Gasteiger partial charge in [-0.2, -0.15) is 0 Å². The first-order chi connectivity index (χ1) is 9.83.